The fraction of sp³-hybridized carbons (Fsp3) is 0.333. The molecule has 4 amide bonds. The Kier molecular flexibility index (Phi) is 7.72. The Bertz CT molecular complexity index is 1560. The highest BCUT2D eigenvalue weighted by Crippen LogP contribution is 2.42. The minimum atomic E-state index is -3.96. The molecule has 10 nitrogen and oxygen atoms in total. The third kappa shape index (κ3) is 5.21. The second kappa shape index (κ2) is 10.8. The summed E-state index contributed by atoms with van der Waals surface area (Å²) in [6.07, 6.45) is 2.25. The van der Waals surface area contributed by atoms with E-state index in [1.54, 1.807) is 12.1 Å². The molecule has 2 heterocycles. The molecule has 12 heteroatoms. The summed E-state index contributed by atoms with van der Waals surface area (Å²) in [5, 5.41) is 19.7. The van der Waals surface area contributed by atoms with E-state index in [1.165, 1.54) is 36.1 Å². The predicted molar refractivity (Wildman–Crippen MR) is 140 cm³/mol. The van der Waals surface area contributed by atoms with Gasteiger partial charge >= 0.3 is 12.1 Å². The van der Waals surface area contributed by atoms with Crippen molar-refractivity contribution in [2.24, 2.45) is 5.73 Å². The van der Waals surface area contributed by atoms with E-state index in [2.05, 4.69) is 6.07 Å². The Morgan fingerprint density at radius 3 is 2.54 bits per heavy atom. The number of nitrogens with two attached hydrogens (primary N) is 1. The Labute approximate surface area is 226 Å². The first-order valence-electron chi connectivity index (χ1n) is 12.2. The monoisotopic (exact) mass is 550 g/mol. The molecule has 2 N–H and O–H groups in total. The summed E-state index contributed by atoms with van der Waals surface area (Å²) in [7, 11) is -3.96. The third-order valence-electron chi connectivity index (χ3n) is 6.87. The SMILES string of the molecule is CC1=C(C#N)[C@@H](c2ccc(C#N)cc2S(C)(=O)=O)N(C(=O)N2CCC[C@@H](N)C2)C(=O)N1c1cccc(CF)c1. The van der Waals surface area contributed by atoms with E-state index >= 15 is 0 Å². The fourth-order valence-electron chi connectivity index (χ4n) is 5.01. The molecule has 2 aliphatic rings. The maximum atomic E-state index is 14.2. The highest BCUT2D eigenvalue weighted by atomic mass is 32.2. The number of hydrogen-bond acceptors (Lipinski definition) is 7. The molecule has 39 heavy (non-hydrogen) atoms. The lowest BCUT2D eigenvalue weighted by Gasteiger charge is -2.43. The number of nitrogens with zero attached hydrogens (tertiary/aromatic N) is 5. The van der Waals surface area contributed by atoms with Crippen LogP contribution in [0.2, 0.25) is 0 Å². The minimum absolute atomic E-state index is 0.00701. The molecule has 0 aromatic heterocycles. The van der Waals surface area contributed by atoms with Crippen LogP contribution in [0.1, 0.15) is 42.5 Å². The highest BCUT2D eigenvalue weighted by molar-refractivity contribution is 7.90. The number of imide groups is 1. The van der Waals surface area contributed by atoms with E-state index in [1.807, 2.05) is 6.07 Å². The number of rotatable bonds is 4. The zero-order chi connectivity index (χ0) is 28.5. The van der Waals surface area contributed by atoms with Gasteiger partial charge in [0.25, 0.3) is 0 Å². The van der Waals surface area contributed by atoms with Gasteiger partial charge in [0.15, 0.2) is 9.84 Å². The Morgan fingerprint density at radius 2 is 1.92 bits per heavy atom. The van der Waals surface area contributed by atoms with E-state index in [-0.39, 0.29) is 45.6 Å². The van der Waals surface area contributed by atoms with Crippen LogP contribution in [0.25, 0.3) is 0 Å². The average Bonchev–Trinajstić information content (AvgIpc) is 2.91. The normalized spacial score (nSPS) is 20.1. The number of likely N-dealkylation sites (tertiary alicyclic amines) is 1. The average molecular weight is 551 g/mol. The van der Waals surface area contributed by atoms with Crippen molar-refractivity contribution >= 4 is 27.6 Å². The number of nitriles is 2. The molecule has 2 aromatic carbocycles. The summed E-state index contributed by atoms with van der Waals surface area (Å²) in [5.74, 6) is 0. The van der Waals surface area contributed by atoms with E-state index in [9.17, 15) is 32.9 Å². The van der Waals surface area contributed by atoms with Crippen LogP contribution in [-0.4, -0.2) is 55.7 Å². The summed E-state index contributed by atoms with van der Waals surface area (Å²) in [5.41, 5.74) is 6.81. The number of halogens is 1. The number of amides is 4. The second-order valence-electron chi connectivity index (χ2n) is 9.57. The van der Waals surface area contributed by atoms with Gasteiger partial charge in [0.1, 0.15) is 12.7 Å². The van der Waals surface area contributed by atoms with Crippen molar-refractivity contribution in [2.45, 2.75) is 43.4 Å². The van der Waals surface area contributed by atoms with Crippen molar-refractivity contribution in [2.75, 3.05) is 24.2 Å². The Morgan fingerprint density at radius 1 is 1.18 bits per heavy atom. The number of benzene rings is 2. The number of hydrogen-bond donors (Lipinski definition) is 1. The van der Waals surface area contributed by atoms with Crippen molar-refractivity contribution < 1.29 is 22.4 Å². The summed E-state index contributed by atoms with van der Waals surface area (Å²) in [6.45, 7) is 1.21. The van der Waals surface area contributed by atoms with Crippen LogP contribution in [0.5, 0.6) is 0 Å². The molecule has 1 saturated heterocycles. The van der Waals surface area contributed by atoms with Crippen molar-refractivity contribution in [3.05, 3.63) is 70.4 Å². The van der Waals surface area contributed by atoms with Gasteiger partial charge in [-0.25, -0.2) is 27.3 Å². The number of piperidine rings is 1. The Balaban J connectivity index is 2.00. The fourth-order valence-corrected chi connectivity index (χ4v) is 5.96. The molecule has 0 aliphatic carbocycles. The maximum absolute atomic E-state index is 14.2. The smallest absolute Gasteiger partial charge is 0.326 e. The van der Waals surface area contributed by atoms with Gasteiger partial charge < -0.3 is 10.6 Å². The lowest BCUT2D eigenvalue weighted by molar-refractivity contribution is 0.133. The van der Waals surface area contributed by atoms with Crippen LogP contribution in [0.3, 0.4) is 0 Å². The third-order valence-corrected chi connectivity index (χ3v) is 8.02. The zero-order valence-corrected chi connectivity index (χ0v) is 22.3. The first-order chi connectivity index (χ1) is 18.5. The molecular weight excluding hydrogens is 523 g/mol. The molecule has 0 saturated carbocycles. The largest absolute Gasteiger partial charge is 0.337 e. The number of allylic oxidation sites excluding steroid dienone is 1. The van der Waals surface area contributed by atoms with Crippen LogP contribution >= 0.6 is 0 Å². The molecule has 1 fully saturated rings. The number of carbonyl (C=O) groups is 2. The maximum Gasteiger partial charge on any atom is 0.337 e. The lowest BCUT2D eigenvalue weighted by Crippen LogP contribution is -2.58. The first-order valence-corrected chi connectivity index (χ1v) is 14.1. The predicted octanol–water partition coefficient (Wildman–Crippen LogP) is 3.76. The zero-order valence-electron chi connectivity index (χ0n) is 21.5. The molecular formula is C27H27FN6O4S. The van der Waals surface area contributed by atoms with Gasteiger partial charge in [0.05, 0.1) is 33.9 Å². The summed E-state index contributed by atoms with van der Waals surface area (Å²) >= 11 is 0. The van der Waals surface area contributed by atoms with Gasteiger partial charge in [0, 0.05) is 31.1 Å². The van der Waals surface area contributed by atoms with E-state index in [0.29, 0.717) is 24.9 Å². The van der Waals surface area contributed by atoms with Crippen molar-refractivity contribution in [1.29, 1.82) is 10.5 Å². The van der Waals surface area contributed by atoms with Crippen LogP contribution in [0, 0.1) is 22.7 Å². The molecule has 4 rings (SSSR count). The van der Waals surface area contributed by atoms with Gasteiger partial charge in [0.2, 0.25) is 0 Å². The lowest BCUT2D eigenvalue weighted by atomic mass is 9.93. The molecule has 2 atom stereocenters. The number of anilines is 1. The molecule has 0 unspecified atom stereocenters. The van der Waals surface area contributed by atoms with Crippen molar-refractivity contribution in [1.82, 2.24) is 9.80 Å². The quantitative estimate of drug-likeness (QED) is 0.608. The van der Waals surface area contributed by atoms with Gasteiger partial charge in [-0.1, -0.05) is 18.2 Å². The highest BCUT2D eigenvalue weighted by Gasteiger charge is 2.46. The second-order valence-corrected chi connectivity index (χ2v) is 11.6. The van der Waals surface area contributed by atoms with Crippen LogP contribution < -0.4 is 10.6 Å². The molecule has 0 radical (unpaired) electrons. The molecule has 0 bridgehead atoms. The van der Waals surface area contributed by atoms with Crippen LogP contribution in [-0.2, 0) is 16.5 Å². The molecule has 2 aromatic rings. The van der Waals surface area contributed by atoms with Crippen LogP contribution in [0.15, 0.2) is 58.6 Å². The van der Waals surface area contributed by atoms with Gasteiger partial charge in [-0.3, -0.25) is 4.90 Å². The van der Waals surface area contributed by atoms with Crippen LogP contribution in [0.4, 0.5) is 19.7 Å². The minimum Gasteiger partial charge on any atom is -0.326 e. The number of carbonyl (C=O) groups excluding carboxylic acids is 2. The van der Waals surface area contributed by atoms with Gasteiger partial charge in [-0.2, -0.15) is 10.5 Å². The first kappa shape index (κ1) is 27.8. The number of sulfone groups is 1. The standard InChI is InChI=1S/C27H27FN6O4S/c1-17-23(15-30)25(22-9-8-19(14-29)12-24(22)39(2,37)38)34(26(35)32-10-4-6-20(31)16-32)27(36)33(17)21-7-3-5-18(11-21)13-28/h3,5,7-9,11-12,20,25H,4,6,10,13,16,31H2,1-2H3/t20-,25-/m1/s1. The topological polar surface area (TPSA) is 152 Å². The summed E-state index contributed by atoms with van der Waals surface area (Å²) < 4.78 is 39.1. The number of alkyl halides is 1. The molecule has 2 aliphatic heterocycles. The van der Waals surface area contributed by atoms with Gasteiger partial charge in [-0.15, -0.1) is 0 Å². The van der Waals surface area contributed by atoms with E-state index < -0.39 is 34.6 Å². The van der Waals surface area contributed by atoms with E-state index in [0.717, 1.165) is 22.1 Å². The Hall–Kier alpha value is -4.26. The number of urea groups is 2. The summed E-state index contributed by atoms with van der Waals surface area (Å²) in [6, 6.07) is 10.7. The van der Waals surface area contributed by atoms with Crippen molar-refractivity contribution in [3.8, 4) is 12.1 Å². The summed E-state index contributed by atoms with van der Waals surface area (Å²) in [4.78, 5) is 31.3. The molecule has 0 spiro atoms. The van der Waals surface area contributed by atoms with E-state index in [4.69, 9.17) is 5.73 Å². The molecule has 202 valence electrons. The van der Waals surface area contributed by atoms with Gasteiger partial charge in [-0.05, 0) is 55.2 Å². The van der Waals surface area contributed by atoms with Crippen molar-refractivity contribution in [3.63, 3.8) is 0 Å².